The van der Waals surface area contributed by atoms with E-state index in [-0.39, 0.29) is 12.3 Å². The molecule has 1 aromatic rings. The van der Waals surface area contributed by atoms with Crippen molar-refractivity contribution in [3.05, 3.63) is 36.6 Å². The minimum atomic E-state index is -1.65. The third kappa shape index (κ3) is 2.05. The van der Waals surface area contributed by atoms with E-state index in [1.165, 1.54) is 25.5 Å². The Morgan fingerprint density at radius 1 is 1.75 bits per heavy atom. The number of aliphatic hydroxyl groups is 1. The van der Waals surface area contributed by atoms with Gasteiger partial charge in [0, 0.05) is 13.5 Å². The molecule has 6 nitrogen and oxygen atoms in total. The maximum atomic E-state index is 13.8. The van der Waals surface area contributed by atoms with Crippen molar-refractivity contribution in [2.24, 2.45) is 15.7 Å². The van der Waals surface area contributed by atoms with E-state index in [4.69, 9.17) is 5.73 Å². The Morgan fingerprint density at radius 2 is 2.45 bits per heavy atom. The molecule has 0 aliphatic heterocycles. The van der Waals surface area contributed by atoms with Crippen LogP contribution in [0.25, 0.3) is 0 Å². The molecule has 1 heterocycles. The molecule has 2 rings (SSSR count). The number of halogens is 1. The molecule has 0 saturated heterocycles. The molecule has 1 aromatic heterocycles. The lowest BCUT2D eigenvalue weighted by Crippen LogP contribution is -2.24. The molecule has 1 aliphatic rings. The molecule has 3 N–H and O–H groups in total. The predicted octanol–water partition coefficient (Wildman–Crippen LogP) is 1.27. The van der Waals surface area contributed by atoms with Crippen LogP contribution in [-0.4, -0.2) is 39.9 Å². The van der Waals surface area contributed by atoms with Gasteiger partial charge in [-0.25, -0.2) is 14.4 Å². The van der Waals surface area contributed by atoms with Crippen LogP contribution in [0.4, 0.5) is 10.2 Å². The largest absolute Gasteiger partial charge is 0.382 e. The summed E-state index contributed by atoms with van der Waals surface area (Å²) in [6.07, 6.45) is 4.07. The molecule has 0 spiro atoms. The Kier molecular flexibility index (Phi) is 3.54. The van der Waals surface area contributed by atoms with Crippen molar-refractivity contribution in [2.75, 3.05) is 7.05 Å². The minimum absolute atomic E-state index is 0.115. The van der Waals surface area contributed by atoms with Gasteiger partial charge in [0.15, 0.2) is 5.82 Å². The molecule has 2 atom stereocenters. The van der Waals surface area contributed by atoms with Crippen LogP contribution in [0, 0.1) is 0 Å². The standard InChI is InChI=1S/C13H16FN5O/c1-4-13(20)6-8(5-9(13)14)19-7-18-10(11(15)16-2)12(19)17-3/h4-5,7-8,20H,1,3,6H2,2H3,(H2,15,16)/t8-,13-/m0/s1. The van der Waals surface area contributed by atoms with E-state index < -0.39 is 17.5 Å². The maximum Gasteiger partial charge on any atom is 0.163 e. The molecule has 0 fully saturated rings. The van der Waals surface area contributed by atoms with Crippen molar-refractivity contribution >= 4 is 18.4 Å². The number of amidine groups is 1. The van der Waals surface area contributed by atoms with Gasteiger partial charge in [-0.3, -0.25) is 4.99 Å². The molecular weight excluding hydrogens is 261 g/mol. The molecule has 0 radical (unpaired) electrons. The highest BCUT2D eigenvalue weighted by Crippen LogP contribution is 2.40. The zero-order valence-corrected chi connectivity index (χ0v) is 11.1. The van der Waals surface area contributed by atoms with Gasteiger partial charge in [0.1, 0.15) is 23.0 Å². The van der Waals surface area contributed by atoms with Crippen LogP contribution in [-0.2, 0) is 0 Å². The summed E-state index contributed by atoms with van der Waals surface area (Å²) in [6, 6.07) is -0.440. The topological polar surface area (TPSA) is 88.8 Å². The number of imidazole rings is 1. The van der Waals surface area contributed by atoms with Crippen LogP contribution in [0.1, 0.15) is 18.2 Å². The Balaban J connectivity index is 2.44. The Labute approximate surface area is 115 Å². The number of aliphatic imine (C=N–C) groups is 2. The van der Waals surface area contributed by atoms with Crippen LogP contribution in [0.2, 0.25) is 0 Å². The number of hydrogen-bond donors (Lipinski definition) is 2. The maximum absolute atomic E-state index is 13.8. The van der Waals surface area contributed by atoms with Gasteiger partial charge in [0.25, 0.3) is 0 Å². The van der Waals surface area contributed by atoms with Crippen molar-refractivity contribution in [2.45, 2.75) is 18.1 Å². The van der Waals surface area contributed by atoms with Crippen LogP contribution >= 0.6 is 0 Å². The van der Waals surface area contributed by atoms with Gasteiger partial charge in [-0.15, -0.1) is 0 Å². The number of allylic oxidation sites excluding steroid dienone is 1. The molecule has 0 bridgehead atoms. The lowest BCUT2D eigenvalue weighted by Gasteiger charge is -2.19. The molecule has 0 aromatic carbocycles. The fourth-order valence-electron chi connectivity index (χ4n) is 2.19. The molecule has 0 amide bonds. The second-order valence-electron chi connectivity index (χ2n) is 4.51. The van der Waals surface area contributed by atoms with Crippen LogP contribution in [0.5, 0.6) is 0 Å². The van der Waals surface area contributed by atoms with Crippen LogP contribution < -0.4 is 5.73 Å². The quantitative estimate of drug-likeness (QED) is 0.493. The monoisotopic (exact) mass is 277 g/mol. The van der Waals surface area contributed by atoms with Crippen molar-refractivity contribution in [1.29, 1.82) is 0 Å². The predicted molar refractivity (Wildman–Crippen MR) is 76.1 cm³/mol. The van der Waals surface area contributed by atoms with E-state index >= 15 is 0 Å². The van der Waals surface area contributed by atoms with Gasteiger partial charge in [0.2, 0.25) is 0 Å². The molecule has 7 heteroatoms. The second-order valence-corrected chi connectivity index (χ2v) is 4.51. The molecule has 1 aliphatic carbocycles. The average Bonchev–Trinajstić information content (AvgIpc) is 3.00. The second kappa shape index (κ2) is 5.01. The molecule has 0 unspecified atom stereocenters. The first-order chi connectivity index (χ1) is 9.46. The van der Waals surface area contributed by atoms with E-state index in [1.54, 1.807) is 4.57 Å². The van der Waals surface area contributed by atoms with E-state index in [2.05, 4.69) is 28.3 Å². The molecule has 20 heavy (non-hydrogen) atoms. The summed E-state index contributed by atoms with van der Waals surface area (Å²) in [5.74, 6) is -0.0389. The van der Waals surface area contributed by atoms with Gasteiger partial charge < -0.3 is 15.4 Å². The summed E-state index contributed by atoms with van der Waals surface area (Å²) in [5, 5.41) is 10.0. The van der Waals surface area contributed by atoms with Crippen molar-refractivity contribution < 1.29 is 9.50 Å². The fourth-order valence-corrected chi connectivity index (χ4v) is 2.19. The normalized spacial score (nSPS) is 26.4. The third-order valence-corrected chi connectivity index (χ3v) is 3.37. The number of nitrogens with zero attached hydrogens (tertiary/aromatic N) is 4. The smallest absolute Gasteiger partial charge is 0.163 e. The van der Waals surface area contributed by atoms with Gasteiger partial charge in [-0.2, -0.15) is 0 Å². The SMILES string of the molecule is C=C[C@]1(O)C[C@@H](n2cnc(C(N)=NC)c2N=C)C=C1F. The Morgan fingerprint density at radius 3 is 2.95 bits per heavy atom. The van der Waals surface area contributed by atoms with Crippen molar-refractivity contribution in [1.82, 2.24) is 9.55 Å². The summed E-state index contributed by atoms with van der Waals surface area (Å²) >= 11 is 0. The number of nitrogens with two attached hydrogens (primary N) is 1. The number of rotatable bonds is 4. The van der Waals surface area contributed by atoms with Crippen molar-refractivity contribution in [3.63, 3.8) is 0 Å². The fraction of sp³-hybridized carbons (Fsp3) is 0.308. The Hall–Kier alpha value is -2.28. The van der Waals surface area contributed by atoms with E-state index in [9.17, 15) is 9.50 Å². The molecule has 106 valence electrons. The lowest BCUT2D eigenvalue weighted by atomic mass is 10.0. The lowest BCUT2D eigenvalue weighted by molar-refractivity contribution is 0.0999. The zero-order valence-electron chi connectivity index (χ0n) is 11.1. The first-order valence-electron chi connectivity index (χ1n) is 5.96. The summed E-state index contributed by atoms with van der Waals surface area (Å²) in [4.78, 5) is 11.8. The van der Waals surface area contributed by atoms with Crippen molar-refractivity contribution in [3.8, 4) is 0 Å². The summed E-state index contributed by atoms with van der Waals surface area (Å²) < 4.78 is 15.4. The molecular formula is C13H16FN5O. The van der Waals surface area contributed by atoms with Crippen LogP contribution in [0.3, 0.4) is 0 Å². The average molecular weight is 277 g/mol. The zero-order chi connectivity index (χ0) is 14.9. The van der Waals surface area contributed by atoms with Gasteiger partial charge in [-0.05, 0) is 12.8 Å². The minimum Gasteiger partial charge on any atom is -0.382 e. The van der Waals surface area contributed by atoms with E-state index in [1.807, 2.05) is 0 Å². The van der Waals surface area contributed by atoms with Crippen LogP contribution in [0.15, 0.2) is 40.9 Å². The highest BCUT2D eigenvalue weighted by molar-refractivity contribution is 5.99. The third-order valence-electron chi connectivity index (χ3n) is 3.37. The van der Waals surface area contributed by atoms with Gasteiger partial charge >= 0.3 is 0 Å². The highest BCUT2D eigenvalue weighted by Gasteiger charge is 2.39. The Bertz CT molecular complexity index is 618. The van der Waals surface area contributed by atoms with Gasteiger partial charge in [-0.1, -0.05) is 12.7 Å². The summed E-state index contributed by atoms with van der Waals surface area (Å²) in [7, 11) is 1.53. The van der Waals surface area contributed by atoms with E-state index in [0.29, 0.717) is 11.5 Å². The molecule has 0 saturated carbocycles. The highest BCUT2D eigenvalue weighted by atomic mass is 19.1. The first kappa shape index (κ1) is 14.1. The summed E-state index contributed by atoms with van der Waals surface area (Å²) in [6.45, 7) is 6.92. The first-order valence-corrected chi connectivity index (χ1v) is 5.96. The van der Waals surface area contributed by atoms with Gasteiger partial charge in [0.05, 0.1) is 12.4 Å². The number of aromatic nitrogens is 2. The van der Waals surface area contributed by atoms with E-state index in [0.717, 1.165) is 0 Å². The number of hydrogen-bond acceptors (Lipinski definition) is 4. The summed E-state index contributed by atoms with van der Waals surface area (Å²) in [5.41, 5.74) is 4.45.